The van der Waals surface area contributed by atoms with Gasteiger partial charge in [-0.3, -0.25) is 0 Å². The SMILES string of the molecule is COCc1nc(NCCc2cn3ccccc3n2)cc([C@@H]2CCOC2)n1. The molecule has 3 aromatic heterocycles. The predicted molar refractivity (Wildman–Crippen MR) is 98.3 cm³/mol. The van der Waals surface area contributed by atoms with E-state index in [0.29, 0.717) is 18.3 Å². The van der Waals surface area contributed by atoms with Gasteiger partial charge in [0.25, 0.3) is 0 Å². The van der Waals surface area contributed by atoms with Crippen molar-refractivity contribution >= 4 is 11.5 Å². The van der Waals surface area contributed by atoms with Crippen LogP contribution in [0.4, 0.5) is 5.82 Å². The van der Waals surface area contributed by atoms with E-state index in [-0.39, 0.29) is 0 Å². The molecule has 1 aliphatic heterocycles. The summed E-state index contributed by atoms with van der Waals surface area (Å²) in [6.07, 6.45) is 5.91. The number of methoxy groups -OCH3 is 1. The third-order valence-corrected chi connectivity index (χ3v) is 4.51. The molecule has 26 heavy (non-hydrogen) atoms. The summed E-state index contributed by atoms with van der Waals surface area (Å²) in [5.41, 5.74) is 3.05. The quantitative estimate of drug-likeness (QED) is 0.703. The highest BCUT2D eigenvalue weighted by Gasteiger charge is 2.20. The molecule has 0 aliphatic carbocycles. The minimum atomic E-state index is 0.340. The molecule has 3 aromatic rings. The Hall–Kier alpha value is -2.51. The van der Waals surface area contributed by atoms with E-state index < -0.39 is 0 Å². The lowest BCUT2D eigenvalue weighted by Gasteiger charge is -2.12. The Balaban J connectivity index is 1.44. The standard InChI is InChI=1S/C19H23N5O2/c1-25-13-18-22-16(14-6-9-26-12-14)10-17(23-18)20-7-5-15-11-24-8-3-2-4-19(24)21-15/h2-4,8,10-11,14H,5-7,9,12-13H2,1H3,(H,20,22,23)/t14-/m1/s1. The second kappa shape index (κ2) is 7.80. The average molecular weight is 353 g/mol. The van der Waals surface area contributed by atoms with E-state index in [1.165, 1.54) is 0 Å². The summed E-state index contributed by atoms with van der Waals surface area (Å²) >= 11 is 0. The van der Waals surface area contributed by atoms with E-state index in [0.717, 1.165) is 55.5 Å². The maximum atomic E-state index is 5.50. The number of hydrogen-bond acceptors (Lipinski definition) is 6. The number of nitrogens with one attached hydrogen (secondary N) is 1. The highest BCUT2D eigenvalue weighted by Crippen LogP contribution is 2.25. The molecular formula is C19H23N5O2. The van der Waals surface area contributed by atoms with Crippen molar-refractivity contribution in [2.45, 2.75) is 25.4 Å². The number of nitrogens with zero attached hydrogens (tertiary/aromatic N) is 4. The van der Waals surface area contributed by atoms with Gasteiger partial charge in [0.05, 0.1) is 18.0 Å². The van der Waals surface area contributed by atoms with Crippen molar-refractivity contribution < 1.29 is 9.47 Å². The molecule has 0 bridgehead atoms. The van der Waals surface area contributed by atoms with Crippen LogP contribution in [-0.2, 0) is 22.5 Å². The fraction of sp³-hybridized carbons (Fsp3) is 0.421. The third kappa shape index (κ3) is 3.84. The zero-order valence-electron chi connectivity index (χ0n) is 14.9. The molecule has 7 nitrogen and oxygen atoms in total. The van der Waals surface area contributed by atoms with Crippen LogP contribution in [0.25, 0.3) is 5.65 Å². The summed E-state index contributed by atoms with van der Waals surface area (Å²) in [6.45, 7) is 2.69. The largest absolute Gasteiger partial charge is 0.381 e. The van der Waals surface area contributed by atoms with Crippen LogP contribution in [0.1, 0.15) is 29.6 Å². The number of ether oxygens (including phenoxy) is 2. The number of fused-ring (bicyclic) bond motifs is 1. The fourth-order valence-electron chi connectivity index (χ4n) is 3.21. The molecule has 136 valence electrons. The van der Waals surface area contributed by atoms with E-state index >= 15 is 0 Å². The molecule has 0 spiro atoms. The van der Waals surface area contributed by atoms with Gasteiger partial charge >= 0.3 is 0 Å². The van der Waals surface area contributed by atoms with Crippen LogP contribution in [-0.4, -0.2) is 46.2 Å². The minimum absolute atomic E-state index is 0.340. The average Bonchev–Trinajstić information content (AvgIpc) is 3.31. The van der Waals surface area contributed by atoms with Crippen LogP contribution >= 0.6 is 0 Å². The molecule has 1 aliphatic rings. The summed E-state index contributed by atoms with van der Waals surface area (Å²) in [6, 6.07) is 8.04. The highest BCUT2D eigenvalue weighted by atomic mass is 16.5. The first-order valence-electron chi connectivity index (χ1n) is 8.93. The highest BCUT2D eigenvalue weighted by molar-refractivity contribution is 5.40. The number of hydrogen-bond donors (Lipinski definition) is 1. The van der Waals surface area contributed by atoms with Crippen molar-refractivity contribution in [2.75, 3.05) is 32.2 Å². The molecule has 0 amide bonds. The van der Waals surface area contributed by atoms with E-state index in [2.05, 4.69) is 26.5 Å². The zero-order chi connectivity index (χ0) is 17.8. The molecule has 0 saturated carbocycles. The molecule has 0 unspecified atom stereocenters. The Morgan fingerprint density at radius 1 is 1.31 bits per heavy atom. The van der Waals surface area contributed by atoms with Gasteiger partial charge in [-0.1, -0.05) is 6.07 Å². The van der Waals surface area contributed by atoms with Gasteiger partial charge in [0, 0.05) is 51.1 Å². The van der Waals surface area contributed by atoms with Crippen LogP contribution < -0.4 is 5.32 Å². The molecule has 0 radical (unpaired) electrons. The lowest BCUT2D eigenvalue weighted by Crippen LogP contribution is -2.12. The Morgan fingerprint density at radius 3 is 3.08 bits per heavy atom. The van der Waals surface area contributed by atoms with Crippen molar-refractivity contribution in [3.05, 3.63) is 53.9 Å². The van der Waals surface area contributed by atoms with Gasteiger partial charge in [-0.2, -0.15) is 0 Å². The van der Waals surface area contributed by atoms with Crippen LogP contribution in [0.5, 0.6) is 0 Å². The molecule has 1 atom stereocenters. The summed E-state index contributed by atoms with van der Waals surface area (Å²) < 4.78 is 12.7. The van der Waals surface area contributed by atoms with Crippen molar-refractivity contribution in [1.29, 1.82) is 0 Å². The van der Waals surface area contributed by atoms with Crippen molar-refractivity contribution in [2.24, 2.45) is 0 Å². The molecule has 4 rings (SSSR count). The van der Waals surface area contributed by atoms with Gasteiger partial charge in [-0.05, 0) is 18.6 Å². The monoisotopic (exact) mass is 353 g/mol. The summed E-state index contributed by atoms with van der Waals surface area (Å²) in [5, 5.41) is 3.40. The van der Waals surface area contributed by atoms with Gasteiger partial charge < -0.3 is 19.2 Å². The smallest absolute Gasteiger partial charge is 0.156 e. The maximum Gasteiger partial charge on any atom is 0.156 e. The third-order valence-electron chi connectivity index (χ3n) is 4.51. The second-order valence-corrected chi connectivity index (χ2v) is 6.46. The van der Waals surface area contributed by atoms with Gasteiger partial charge in [0.15, 0.2) is 5.82 Å². The number of pyridine rings is 1. The molecular weight excluding hydrogens is 330 g/mol. The number of rotatable bonds is 7. The fourth-order valence-corrected chi connectivity index (χ4v) is 3.21. The lowest BCUT2D eigenvalue weighted by atomic mass is 10.0. The Morgan fingerprint density at radius 2 is 2.27 bits per heavy atom. The summed E-state index contributed by atoms with van der Waals surface area (Å²) in [4.78, 5) is 13.8. The van der Waals surface area contributed by atoms with Gasteiger partial charge in [0.1, 0.15) is 18.1 Å². The van der Waals surface area contributed by atoms with E-state index in [1.54, 1.807) is 7.11 Å². The van der Waals surface area contributed by atoms with E-state index in [1.807, 2.05) is 34.9 Å². The number of anilines is 1. The topological polar surface area (TPSA) is 73.6 Å². The van der Waals surface area contributed by atoms with Gasteiger partial charge in [-0.25, -0.2) is 15.0 Å². The van der Waals surface area contributed by atoms with Crippen LogP contribution in [0.2, 0.25) is 0 Å². The first-order chi connectivity index (χ1) is 12.8. The first-order valence-corrected chi connectivity index (χ1v) is 8.93. The molecule has 1 fully saturated rings. The van der Waals surface area contributed by atoms with Crippen molar-refractivity contribution in [1.82, 2.24) is 19.4 Å². The number of aromatic nitrogens is 4. The first kappa shape index (κ1) is 16.9. The normalized spacial score (nSPS) is 17.0. The van der Waals surface area contributed by atoms with Gasteiger partial charge in [-0.15, -0.1) is 0 Å². The number of imidazole rings is 1. The van der Waals surface area contributed by atoms with Crippen molar-refractivity contribution in [3.63, 3.8) is 0 Å². The van der Waals surface area contributed by atoms with Crippen LogP contribution in [0.15, 0.2) is 36.7 Å². The van der Waals surface area contributed by atoms with Crippen LogP contribution in [0.3, 0.4) is 0 Å². The lowest BCUT2D eigenvalue weighted by molar-refractivity contribution is 0.177. The van der Waals surface area contributed by atoms with Crippen LogP contribution in [0, 0.1) is 0 Å². The molecule has 7 heteroatoms. The molecule has 1 saturated heterocycles. The summed E-state index contributed by atoms with van der Waals surface area (Å²) in [5.74, 6) is 1.87. The van der Waals surface area contributed by atoms with Gasteiger partial charge in [0.2, 0.25) is 0 Å². The minimum Gasteiger partial charge on any atom is -0.381 e. The Kier molecular flexibility index (Phi) is 5.08. The molecule has 4 heterocycles. The Labute approximate surface area is 152 Å². The molecule has 1 N–H and O–H groups in total. The predicted octanol–water partition coefficient (Wildman–Crippen LogP) is 2.43. The summed E-state index contributed by atoms with van der Waals surface area (Å²) in [7, 11) is 1.66. The van der Waals surface area contributed by atoms with E-state index in [4.69, 9.17) is 9.47 Å². The van der Waals surface area contributed by atoms with Crippen molar-refractivity contribution in [3.8, 4) is 0 Å². The van der Waals surface area contributed by atoms with E-state index in [9.17, 15) is 0 Å². The zero-order valence-corrected chi connectivity index (χ0v) is 14.9. The maximum absolute atomic E-state index is 5.50. The molecule has 0 aromatic carbocycles. The Bertz CT molecular complexity index is 840. The second-order valence-electron chi connectivity index (χ2n) is 6.46.